The van der Waals surface area contributed by atoms with Crippen LogP contribution in [-0.4, -0.2) is 13.0 Å². The van der Waals surface area contributed by atoms with Crippen molar-refractivity contribution in [3.8, 4) is 17.6 Å². The Balaban J connectivity index is 1.86. The Hall–Kier alpha value is -4.04. The van der Waals surface area contributed by atoms with Crippen LogP contribution in [0.3, 0.4) is 0 Å². The van der Waals surface area contributed by atoms with E-state index in [2.05, 4.69) is 23.5 Å². The molecule has 156 valence electrons. The molecule has 0 unspecified atom stereocenters. The molecule has 3 rings (SSSR count). The topological polar surface area (TPSA) is 71.3 Å². The summed E-state index contributed by atoms with van der Waals surface area (Å²) in [4.78, 5) is 12.6. The molecule has 0 radical (unpaired) electrons. The van der Waals surface area contributed by atoms with Gasteiger partial charge in [0, 0.05) is 17.3 Å². The monoisotopic (exact) mass is 412 g/mol. The van der Waals surface area contributed by atoms with Crippen molar-refractivity contribution >= 4 is 17.7 Å². The number of para-hydroxylation sites is 1. The average molecular weight is 412 g/mol. The van der Waals surface area contributed by atoms with Gasteiger partial charge in [0.2, 0.25) is 0 Å². The van der Waals surface area contributed by atoms with Gasteiger partial charge in [-0.05, 0) is 49.8 Å². The third kappa shape index (κ3) is 5.97. The lowest BCUT2D eigenvalue weighted by atomic mass is 10.1. The van der Waals surface area contributed by atoms with Gasteiger partial charge < -0.3 is 14.8 Å². The van der Waals surface area contributed by atoms with E-state index in [4.69, 9.17) is 9.47 Å². The maximum atomic E-state index is 12.6. The number of aryl methyl sites for hydroxylation is 2. The number of carbonyl (C=O) groups is 1. The van der Waals surface area contributed by atoms with Crippen LogP contribution in [0, 0.1) is 25.2 Å². The van der Waals surface area contributed by atoms with Crippen LogP contribution in [0.5, 0.6) is 11.5 Å². The fraction of sp³-hybridized carbons (Fsp3) is 0.154. The van der Waals surface area contributed by atoms with E-state index in [1.54, 1.807) is 37.4 Å². The number of carbonyl (C=O) groups excluding carboxylic acids is 1. The SMILES string of the molecule is COc1ccc(/C=C(\C#N)C(=O)Nc2ccccc2)c(OCc2cc(C)cc(C)c2)c1. The first-order chi connectivity index (χ1) is 15.0. The quantitative estimate of drug-likeness (QED) is 0.414. The van der Waals surface area contributed by atoms with Gasteiger partial charge >= 0.3 is 0 Å². The number of nitriles is 1. The number of nitrogens with one attached hydrogen (secondary N) is 1. The van der Waals surface area contributed by atoms with Crippen LogP contribution in [0.15, 0.2) is 72.3 Å². The summed E-state index contributed by atoms with van der Waals surface area (Å²) in [5, 5.41) is 12.3. The van der Waals surface area contributed by atoms with Crippen LogP contribution in [0.1, 0.15) is 22.3 Å². The van der Waals surface area contributed by atoms with Crippen molar-refractivity contribution in [2.24, 2.45) is 0 Å². The van der Waals surface area contributed by atoms with Gasteiger partial charge in [-0.25, -0.2) is 0 Å². The van der Waals surface area contributed by atoms with E-state index in [0.717, 1.165) is 16.7 Å². The Morgan fingerprint density at radius 1 is 1.03 bits per heavy atom. The number of hydrogen-bond acceptors (Lipinski definition) is 4. The summed E-state index contributed by atoms with van der Waals surface area (Å²) >= 11 is 0. The molecule has 0 bridgehead atoms. The lowest BCUT2D eigenvalue weighted by Crippen LogP contribution is -2.13. The Morgan fingerprint density at radius 3 is 2.39 bits per heavy atom. The first kappa shape index (κ1) is 21.7. The number of amides is 1. The second-order valence-electron chi connectivity index (χ2n) is 7.18. The van der Waals surface area contributed by atoms with Gasteiger partial charge in [0.1, 0.15) is 29.7 Å². The van der Waals surface area contributed by atoms with Crippen molar-refractivity contribution < 1.29 is 14.3 Å². The van der Waals surface area contributed by atoms with Crippen LogP contribution < -0.4 is 14.8 Å². The molecule has 0 heterocycles. The first-order valence-electron chi connectivity index (χ1n) is 9.84. The summed E-state index contributed by atoms with van der Waals surface area (Å²) in [5.74, 6) is 0.670. The lowest BCUT2D eigenvalue weighted by molar-refractivity contribution is -0.112. The number of ether oxygens (including phenoxy) is 2. The first-order valence-corrected chi connectivity index (χ1v) is 9.84. The summed E-state index contributed by atoms with van der Waals surface area (Å²) in [6.45, 7) is 4.44. The third-order valence-corrected chi connectivity index (χ3v) is 4.59. The van der Waals surface area contributed by atoms with Gasteiger partial charge in [0.05, 0.1) is 7.11 Å². The van der Waals surface area contributed by atoms with E-state index >= 15 is 0 Å². The maximum absolute atomic E-state index is 12.6. The average Bonchev–Trinajstić information content (AvgIpc) is 2.76. The van der Waals surface area contributed by atoms with Gasteiger partial charge in [0.15, 0.2) is 0 Å². The van der Waals surface area contributed by atoms with E-state index in [0.29, 0.717) is 29.4 Å². The van der Waals surface area contributed by atoms with Crippen LogP contribution in [0.2, 0.25) is 0 Å². The number of anilines is 1. The summed E-state index contributed by atoms with van der Waals surface area (Å²) in [6, 6.07) is 22.5. The number of methoxy groups -OCH3 is 1. The molecule has 1 amide bonds. The number of benzene rings is 3. The molecule has 3 aromatic rings. The molecular formula is C26H24N2O3. The minimum atomic E-state index is -0.482. The number of hydrogen-bond donors (Lipinski definition) is 1. The molecule has 0 saturated heterocycles. The summed E-state index contributed by atoms with van der Waals surface area (Å²) in [5.41, 5.74) is 4.57. The molecule has 0 aromatic heterocycles. The van der Waals surface area contributed by atoms with Crippen LogP contribution in [-0.2, 0) is 11.4 Å². The van der Waals surface area contributed by atoms with Crippen LogP contribution in [0.4, 0.5) is 5.69 Å². The fourth-order valence-corrected chi connectivity index (χ4v) is 3.22. The fourth-order valence-electron chi connectivity index (χ4n) is 3.22. The van der Waals surface area contributed by atoms with Crippen molar-refractivity contribution in [2.45, 2.75) is 20.5 Å². The van der Waals surface area contributed by atoms with Gasteiger partial charge in [-0.3, -0.25) is 4.79 Å². The molecule has 0 aliphatic carbocycles. The molecule has 1 N–H and O–H groups in total. The highest BCUT2D eigenvalue weighted by Gasteiger charge is 2.12. The summed E-state index contributed by atoms with van der Waals surface area (Å²) in [6.07, 6.45) is 1.52. The number of rotatable bonds is 7. The zero-order chi connectivity index (χ0) is 22.2. The van der Waals surface area contributed by atoms with Crippen molar-refractivity contribution in [1.82, 2.24) is 0 Å². The Morgan fingerprint density at radius 2 is 1.74 bits per heavy atom. The Labute approximate surface area is 182 Å². The van der Waals surface area contributed by atoms with E-state index in [1.165, 1.54) is 6.08 Å². The van der Waals surface area contributed by atoms with Crippen LogP contribution in [0.25, 0.3) is 6.08 Å². The highest BCUT2D eigenvalue weighted by molar-refractivity contribution is 6.09. The molecule has 3 aromatic carbocycles. The van der Waals surface area contributed by atoms with Crippen molar-refractivity contribution in [3.05, 3.63) is 94.6 Å². The van der Waals surface area contributed by atoms with Gasteiger partial charge in [-0.15, -0.1) is 0 Å². The molecular weight excluding hydrogens is 388 g/mol. The minimum absolute atomic E-state index is 0.0229. The van der Waals surface area contributed by atoms with Crippen molar-refractivity contribution in [3.63, 3.8) is 0 Å². The van der Waals surface area contributed by atoms with Gasteiger partial charge in [-0.1, -0.05) is 47.5 Å². The standard InChI is InChI=1S/C26H24N2O3/c1-18-11-19(2)13-20(12-18)17-31-25-15-24(30-3)10-9-21(25)14-22(16-27)26(29)28-23-7-5-4-6-8-23/h4-15H,17H2,1-3H3,(H,28,29)/b22-14+. The van der Waals surface area contributed by atoms with Gasteiger partial charge in [0.25, 0.3) is 5.91 Å². The van der Waals surface area contributed by atoms with E-state index in [9.17, 15) is 10.1 Å². The highest BCUT2D eigenvalue weighted by atomic mass is 16.5. The second-order valence-corrected chi connectivity index (χ2v) is 7.18. The van der Waals surface area contributed by atoms with Crippen LogP contribution >= 0.6 is 0 Å². The lowest BCUT2D eigenvalue weighted by Gasteiger charge is -2.13. The molecule has 0 saturated carbocycles. The number of nitrogens with zero attached hydrogens (tertiary/aromatic N) is 1. The predicted molar refractivity (Wildman–Crippen MR) is 122 cm³/mol. The normalized spacial score (nSPS) is 10.8. The molecule has 5 heteroatoms. The van der Waals surface area contributed by atoms with E-state index in [1.807, 2.05) is 38.1 Å². The van der Waals surface area contributed by atoms with E-state index < -0.39 is 5.91 Å². The largest absolute Gasteiger partial charge is 0.497 e. The van der Waals surface area contributed by atoms with Crippen molar-refractivity contribution in [2.75, 3.05) is 12.4 Å². The minimum Gasteiger partial charge on any atom is -0.497 e. The highest BCUT2D eigenvalue weighted by Crippen LogP contribution is 2.28. The van der Waals surface area contributed by atoms with Crippen molar-refractivity contribution in [1.29, 1.82) is 5.26 Å². The molecule has 0 aliphatic rings. The second kappa shape index (κ2) is 10.1. The molecule has 0 spiro atoms. The summed E-state index contributed by atoms with van der Waals surface area (Å²) < 4.78 is 11.4. The third-order valence-electron chi connectivity index (χ3n) is 4.59. The molecule has 31 heavy (non-hydrogen) atoms. The molecule has 5 nitrogen and oxygen atoms in total. The van der Waals surface area contributed by atoms with E-state index in [-0.39, 0.29) is 5.57 Å². The summed E-state index contributed by atoms with van der Waals surface area (Å²) in [7, 11) is 1.58. The molecule has 0 aliphatic heterocycles. The zero-order valence-electron chi connectivity index (χ0n) is 17.8. The maximum Gasteiger partial charge on any atom is 0.266 e. The Bertz CT molecular complexity index is 1120. The van der Waals surface area contributed by atoms with Gasteiger partial charge in [-0.2, -0.15) is 5.26 Å². The predicted octanol–water partition coefficient (Wildman–Crippen LogP) is 5.44. The zero-order valence-corrected chi connectivity index (χ0v) is 17.8. The Kier molecular flexibility index (Phi) is 7.08. The molecule has 0 atom stereocenters. The molecule has 0 fully saturated rings. The smallest absolute Gasteiger partial charge is 0.266 e.